The minimum absolute atomic E-state index is 0.0199. The molecule has 1 amide bonds. The summed E-state index contributed by atoms with van der Waals surface area (Å²) in [6.07, 6.45) is -0.147. The third-order valence-electron chi connectivity index (χ3n) is 4.17. The van der Waals surface area contributed by atoms with Gasteiger partial charge in [-0.25, -0.2) is 21.1 Å². The lowest BCUT2D eigenvalue weighted by molar-refractivity contribution is -0.116. The van der Waals surface area contributed by atoms with Crippen LogP contribution in [-0.4, -0.2) is 35.6 Å². The van der Waals surface area contributed by atoms with Crippen LogP contribution in [0.15, 0.2) is 45.8 Å². The topological polar surface area (TPSA) is 110 Å². The van der Waals surface area contributed by atoms with Crippen LogP contribution >= 0.6 is 15.9 Å². The van der Waals surface area contributed by atoms with E-state index in [9.17, 15) is 21.6 Å². The van der Waals surface area contributed by atoms with E-state index in [2.05, 4.69) is 20.7 Å². The summed E-state index contributed by atoms with van der Waals surface area (Å²) in [4.78, 5) is 11.7. The Morgan fingerprint density at radius 2 is 1.89 bits per heavy atom. The van der Waals surface area contributed by atoms with Crippen molar-refractivity contribution in [1.29, 1.82) is 0 Å². The highest BCUT2D eigenvalue weighted by Gasteiger charge is 2.37. The number of sulfonamides is 2. The van der Waals surface area contributed by atoms with Crippen molar-refractivity contribution in [1.82, 2.24) is 0 Å². The number of anilines is 2. The van der Waals surface area contributed by atoms with Gasteiger partial charge in [0.1, 0.15) is 10.6 Å². The van der Waals surface area contributed by atoms with Gasteiger partial charge >= 0.3 is 0 Å². The zero-order valence-electron chi connectivity index (χ0n) is 15.0. The first-order valence-corrected chi connectivity index (χ1v) is 12.0. The number of halogens is 1. The van der Waals surface area contributed by atoms with Gasteiger partial charge in [-0.3, -0.25) is 9.52 Å². The first-order valence-electron chi connectivity index (χ1n) is 8.08. The number of benzene rings is 2. The quantitative estimate of drug-likeness (QED) is 0.692. The van der Waals surface area contributed by atoms with Gasteiger partial charge in [-0.2, -0.15) is 0 Å². The molecule has 150 valence electrons. The molecule has 8 nitrogen and oxygen atoms in total. The maximum Gasteiger partial charge on any atom is 0.265 e. The first kappa shape index (κ1) is 20.6. The van der Waals surface area contributed by atoms with Gasteiger partial charge < -0.3 is 4.74 Å². The van der Waals surface area contributed by atoms with Gasteiger partial charge in [-0.15, -0.1) is 0 Å². The second-order valence-corrected chi connectivity index (χ2v) is 10.6. The van der Waals surface area contributed by atoms with E-state index in [0.29, 0.717) is 9.99 Å². The van der Waals surface area contributed by atoms with Crippen LogP contribution in [0.2, 0.25) is 0 Å². The Kier molecular flexibility index (Phi) is 5.43. The number of aryl methyl sites for hydroxylation is 1. The number of carbonyl (C=O) groups excluding carboxylic acids is 1. The lowest BCUT2D eigenvalue weighted by Gasteiger charge is -2.18. The van der Waals surface area contributed by atoms with E-state index in [4.69, 9.17) is 4.74 Å². The SMILES string of the molecule is COc1ccc(N2C(=O)CCS2(=O)=O)cc1S(=O)(=O)Nc1ccc(C)c(Br)c1. The minimum Gasteiger partial charge on any atom is -0.495 e. The standard InChI is InChI=1S/C17H17BrN2O6S2/c1-11-3-4-12(9-14(11)18)19-28(24,25)16-10-13(5-6-15(16)26-2)20-17(21)7-8-27(20,22)23/h3-6,9-10,19H,7-8H2,1-2H3. The van der Waals surface area contributed by atoms with Gasteiger partial charge in [0.05, 0.1) is 18.6 Å². The molecule has 1 fully saturated rings. The third-order valence-corrected chi connectivity index (χ3v) is 8.12. The van der Waals surface area contributed by atoms with Crippen molar-refractivity contribution in [3.05, 3.63) is 46.4 Å². The highest BCUT2D eigenvalue weighted by Crippen LogP contribution is 2.33. The summed E-state index contributed by atoms with van der Waals surface area (Å²) in [6.45, 7) is 1.86. The number of ether oxygens (including phenoxy) is 1. The fourth-order valence-corrected chi connectivity index (χ4v) is 5.81. The number of hydrogen-bond donors (Lipinski definition) is 1. The fourth-order valence-electron chi connectivity index (χ4n) is 2.74. The number of hydrogen-bond acceptors (Lipinski definition) is 6. The summed E-state index contributed by atoms with van der Waals surface area (Å²) in [7, 11) is -6.64. The van der Waals surface area contributed by atoms with Crippen molar-refractivity contribution >= 4 is 53.3 Å². The zero-order valence-corrected chi connectivity index (χ0v) is 18.2. The smallest absolute Gasteiger partial charge is 0.265 e. The summed E-state index contributed by atoms with van der Waals surface area (Å²) in [6, 6.07) is 8.72. The Hall–Kier alpha value is -2.11. The van der Waals surface area contributed by atoms with Crippen LogP contribution in [0, 0.1) is 6.92 Å². The van der Waals surface area contributed by atoms with Crippen LogP contribution in [0.1, 0.15) is 12.0 Å². The van der Waals surface area contributed by atoms with Gasteiger partial charge in [0, 0.05) is 16.6 Å². The number of amides is 1. The maximum atomic E-state index is 12.9. The third kappa shape index (κ3) is 3.87. The molecule has 0 spiro atoms. The molecule has 3 rings (SSSR count). The van der Waals surface area contributed by atoms with Crippen LogP contribution in [-0.2, 0) is 24.8 Å². The molecule has 1 aliphatic rings. The Morgan fingerprint density at radius 1 is 1.18 bits per heavy atom. The van der Waals surface area contributed by atoms with Gasteiger partial charge in [-0.1, -0.05) is 22.0 Å². The van der Waals surface area contributed by atoms with E-state index >= 15 is 0 Å². The van der Waals surface area contributed by atoms with Crippen LogP contribution in [0.3, 0.4) is 0 Å². The van der Waals surface area contributed by atoms with Crippen LogP contribution < -0.4 is 13.8 Å². The summed E-state index contributed by atoms with van der Waals surface area (Å²) in [5.74, 6) is -0.898. The van der Waals surface area contributed by atoms with Crippen molar-refractivity contribution < 1.29 is 26.4 Å². The molecule has 1 heterocycles. The molecule has 2 aromatic rings. The zero-order chi connectivity index (χ0) is 20.7. The molecule has 0 bridgehead atoms. The highest BCUT2D eigenvalue weighted by atomic mass is 79.9. The Morgan fingerprint density at radius 3 is 2.46 bits per heavy atom. The second-order valence-electron chi connectivity index (χ2n) is 6.13. The van der Waals surface area contributed by atoms with E-state index in [1.54, 1.807) is 18.2 Å². The average molecular weight is 489 g/mol. The van der Waals surface area contributed by atoms with E-state index < -0.39 is 26.0 Å². The van der Waals surface area contributed by atoms with Crippen molar-refractivity contribution in [2.75, 3.05) is 21.9 Å². The molecule has 0 atom stereocenters. The summed E-state index contributed by atoms with van der Waals surface area (Å²) < 4.78 is 59.1. The van der Waals surface area contributed by atoms with Crippen molar-refractivity contribution in [2.24, 2.45) is 0 Å². The maximum absolute atomic E-state index is 12.9. The molecular formula is C17H17BrN2O6S2. The molecule has 11 heteroatoms. The van der Waals surface area contributed by atoms with Gasteiger partial charge in [0.15, 0.2) is 0 Å². The van der Waals surface area contributed by atoms with Gasteiger partial charge in [0.25, 0.3) is 10.0 Å². The van der Waals surface area contributed by atoms with E-state index in [1.165, 1.54) is 19.2 Å². The normalized spacial score (nSPS) is 16.2. The predicted octanol–water partition coefficient (Wildman–Crippen LogP) is 2.63. The van der Waals surface area contributed by atoms with Crippen LogP contribution in [0.25, 0.3) is 0 Å². The van der Waals surface area contributed by atoms with Crippen molar-refractivity contribution in [3.63, 3.8) is 0 Å². The number of rotatable bonds is 5. The number of carbonyl (C=O) groups is 1. The number of nitrogens with zero attached hydrogens (tertiary/aromatic N) is 1. The van der Waals surface area contributed by atoms with Crippen molar-refractivity contribution in [3.8, 4) is 5.75 Å². The molecule has 1 N–H and O–H groups in total. The molecule has 1 saturated heterocycles. The monoisotopic (exact) mass is 488 g/mol. The Labute approximate surface area is 171 Å². The number of methoxy groups -OCH3 is 1. The van der Waals surface area contributed by atoms with Gasteiger partial charge in [0.2, 0.25) is 15.9 Å². The molecular weight excluding hydrogens is 472 g/mol. The summed E-state index contributed by atoms with van der Waals surface area (Å²) >= 11 is 3.34. The van der Waals surface area contributed by atoms with E-state index in [0.717, 1.165) is 16.1 Å². The molecule has 0 saturated carbocycles. The molecule has 0 unspecified atom stereocenters. The summed E-state index contributed by atoms with van der Waals surface area (Å²) in [5, 5.41) is 0. The average Bonchev–Trinajstić information content (AvgIpc) is 2.90. The lowest BCUT2D eigenvalue weighted by Crippen LogP contribution is -2.29. The summed E-state index contributed by atoms with van der Waals surface area (Å²) in [5.41, 5.74) is 1.20. The van der Waals surface area contributed by atoms with Crippen molar-refractivity contribution in [2.45, 2.75) is 18.2 Å². The van der Waals surface area contributed by atoms with Gasteiger partial charge in [-0.05, 0) is 42.8 Å². The molecule has 1 aliphatic heterocycles. The second kappa shape index (κ2) is 7.37. The Balaban J connectivity index is 2.06. The molecule has 2 aromatic carbocycles. The molecule has 0 aromatic heterocycles. The van der Waals surface area contributed by atoms with Crippen LogP contribution in [0.5, 0.6) is 5.75 Å². The van der Waals surface area contributed by atoms with E-state index in [1.807, 2.05) is 6.92 Å². The largest absolute Gasteiger partial charge is 0.495 e. The fraction of sp³-hybridized carbons (Fsp3) is 0.235. The molecule has 0 aliphatic carbocycles. The molecule has 28 heavy (non-hydrogen) atoms. The molecule has 0 radical (unpaired) electrons. The predicted molar refractivity (Wildman–Crippen MR) is 109 cm³/mol. The first-order chi connectivity index (χ1) is 13.0. The van der Waals surface area contributed by atoms with Crippen LogP contribution in [0.4, 0.5) is 11.4 Å². The Bertz CT molecular complexity index is 1160. The highest BCUT2D eigenvalue weighted by molar-refractivity contribution is 9.10. The minimum atomic E-state index is -4.12. The number of nitrogens with one attached hydrogen (secondary N) is 1. The lowest BCUT2D eigenvalue weighted by atomic mass is 10.2. The van der Waals surface area contributed by atoms with E-state index in [-0.39, 0.29) is 28.5 Å².